The number of hydrogen-bond acceptors (Lipinski definition) is 2. The second-order valence-corrected chi connectivity index (χ2v) is 5.20. The zero-order valence-corrected chi connectivity index (χ0v) is 11.9. The van der Waals surface area contributed by atoms with E-state index in [9.17, 15) is 0 Å². The SMILES string of the molecule is CCNC(C1=CCCCCC1)c1cc(C)n(C)n1. The van der Waals surface area contributed by atoms with E-state index in [1.165, 1.54) is 49.1 Å². The molecular formula is C15H25N3. The summed E-state index contributed by atoms with van der Waals surface area (Å²) in [6.07, 6.45) is 8.89. The largest absolute Gasteiger partial charge is 0.305 e. The molecule has 1 atom stereocenters. The lowest BCUT2D eigenvalue weighted by Crippen LogP contribution is -2.23. The maximum absolute atomic E-state index is 4.65. The van der Waals surface area contributed by atoms with Gasteiger partial charge in [0.15, 0.2) is 0 Å². The van der Waals surface area contributed by atoms with Gasteiger partial charge in [0, 0.05) is 12.7 Å². The molecule has 0 aromatic carbocycles. The van der Waals surface area contributed by atoms with Crippen LogP contribution in [0.1, 0.15) is 56.5 Å². The fourth-order valence-electron chi connectivity index (χ4n) is 2.66. The molecule has 1 aromatic rings. The van der Waals surface area contributed by atoms with Crippen molar-refractivity contribution < 1.29 is 0 Å². The Morgan fingerprint density at radius 1 is 1.39 bits per heavy atom. The first-order valence-corrected chi connectivity index (χ1v) is 7.15. The van der Waals surface area contributed by atoms with Crippen molar-refractivity contribution in [3.63, 3.8) is 0 Å². The second kappa shape index (κ2) is 6.19. The Balaban J connectivity index is 2.23. The van der Waals surface area contributed by atoms with Crippen molar-refractivity contribution in [2.24, 2.45) is 7.05 Å². The Morgan fingerprint density at radius 3 is 2.89 bits per heavy atom. The Bertz CT molecular complexity index is 398. The van der Waals surface area contributed by atoms with Crippen LogP contribution in [0.25, 0.3) is 0 Å². The molecule has 1 aromatic heterocycles. The van der Waals surface area contributed by atoms with Gasteiger partial charge in [-0.3, -0.25) is 4.68 Å². The molecule has 3 heteroatoms. The summed E-state index contributed by atoms with van der Waals surface area (Å²) in [7, 11) is 2.02. The van der Waals surface area contributed by atoms with Gasteiger partial charge < -0.3 is 5.32 Å². The molecule has 1 N–H and O–H groups in total. The Morgan fingerprint density at radius 2 is 2.22 bits per heavy atom. The third kappa shape index (κ3) is 3.02. The molecule has 0 spiro atoms. The average Bonchev–Trinajstić information content (AvgIpc) is 2.60. The minimum absolute atomic E-state index is 0.313. The van der Waals surface area contributed by atoms with E-state index in [1.54, 1.807) is 0 Å². The summed E-state index contributed by atoms with van der Waals surface area (Å²) in [5.74, 6) is 0. The van der Waals surface area contributed by atoms with E-state index in [1.807, 2.05) is 11.7 Å². The molecular weight excluding hydrogens is 222 g/mol. The van der Waals surface area contributed by atoms with Crippen LogP contribution in [-0.2, 0) is 7.05 Å². The van der Waals surface area contributed by atoms with Gasteiger partial charge >= 0.3 is 0 Å². The van der Waals surface area contributed by atoms with Gasteiger partial charge in [-0.2, -0.15) is 5.10 Å². The van der Waals surface area contributed by atoms with Crippen molar-refractivity contribution in [1.29, 1.82) is 0 Å². The van der Waals surface area contributed by atoms with E-state index in [0.29, 0.717) is 6.04 Å². The van der Waals surface area contributed by atoms with Gasteiger partial charge in [0.05, 0.1) is 11.7 Å². The lowest BCUT2D eigenvalue weighted by Gasteiger charge is -2.19. The maximum atomic E-state index is 4.65. The summed E-state index contributed by atoms with van der Waals surface area (Å²) >= 11 is 0. The van der Waals surface area contributed by atoms with Gasteiger partial charge in [-0.15, -0.1) is 0 Å². The first kappa shape index (κ1) is 13.3. The highest BCUT2D eigenvalue weighted by Gasteiger charge is 2.19. The fraction of sp³-hybridized carbons (Fsp3) is 0.667. The number of aryl methyl sites for hydroxylation is 2. The highest BCUT2D eigenvalue weighted by Crippen LogP contribution is 2.28. The first-order valence-electron chi connectivity index (χ1n) is 7.15. The lowest BCUT2D eigenvalue weighted by molar-refractivity contribution is 0.566. The quantitative estimate of drug-likeness (QED) is 0.828. The fourth-order valence-corrected chi connectivity index (χ4v) is 2.66. The van der Waals surface area contributed by atoms with Crippen LogP contribution >= 0.6 is 0 Å². The molecule has 0 saturated heterocycles. The number of allylic oxidation sites excluding steroid dienone is 1. The summed E-state index contributed by atoms with van der Waals surface area (Å²) in [6, 6.07) is 2.52. The number of nitrogens with zero attached hydrogens (tertiary/aromatic N) is 2. The van der Waals surface area contributed by atoms with Crippen LogP contribution in [0.2, 0.25) is 0 Å². The van der Waals surface area contributed by atoms with Crippen LogP contribution < -0.4 is 5.32 Å². The van der Waals surface area contributed by atoms with E-state index < -0.39 is 0 Å². The van der Waals surface area contributed by atoms with Crippen molar-refractivity contribution in [1.82, 2.24) is 15.1 Å². The molecule has 18 heavy (non-hydrogen) atoms. The predicted molar refractivity (Wildman–Crippen MR) is 75.5 cm³/mol. The second-order valence-electron chi connectivity index (χ2n) is 5.20. The van der Waals surface area contributed by atoms with E-state index in [0.717, 1.165) is 6.54 Å². The maximum Gasteiger partial charge on any atom is 0.0838 e. The number of likely N-dealkylation sites (N-methyl/N-ethyl adjacent to an activating group) is 1. The third-order valence-corrected chi connectivity index (χ3v) is 3.78. The predicted octanol–water partition coefficient (Wildman–Crippen LogP) is 3.27. The van der Waals surface area contributed by atoms with Gasteiger partial charge in [0.25, 0.3) is 0 Å². The topological polar surface area (TPSA) is 29.9 Å². The summed E-state index contributed by atoms with van der Waals surface area (Å²) in [4.78, 5) is 0. The van der Waals surface area contributed by atoms with Crippen molar-refractivity contribution in [2.45, 2.75) is 52.0 Å². The zero-order valence-electron chi connectivity index (χ0n) is 11.9. The zero-order chi connectivity index (χ0) is 13.0. The van der Waals surface area contributed by atoms with Gasteiger partial charge in [-0.05, 0) is 45.2 Å². The number of nitrogens with one attached hydrogen (secondary N) is 1. The lowest BCUT2D eigenvalue weighted by atomic mass is 9.99. The van der Waals surface area contributed by atoms with Crippen LogP contribution in [-0.4, -0.2) is 16.3 Å². The van der Waals surface area contributed by atoms with Crippen molar-refractivity contribution in [3.05, 3.63) is 29.1 Å². The Hall–Kier alpha value is -1.09. The third-order valence-electron chi connectivity index (χ3n) is 3.78. The minimum Gasteiger partial charge on any atom is -0.305 e. The van der Waals surface area contributed by atoms with Gasteiger partial charge in [0.1, 0.15) is 0 Å². The molecule has 0 saturated carbocycles. The van der Waals surface area contributed by atoms with Crippen LogP contribution in [0, 0.1) is 6.92 Å². The first-order chi connectivity index (χ1) is 8.72. The van der Waals surface area contributed by atoms with E-state index >= 15 is 0 Å². The average molecular weight is 247 g/mol. The van der Waals surface area contributed by atoms with Gasteiger partial charge in [-0.1, -0.05) is 25.0 Å². The Kier molecular flexibility index (Phi) is 4.59. The van der Waals surface area contributed by atoms with E-state index in [2.05, 4.69) is 36.4 Å². The molecule has 100 valence electrons. The van der Waals surface area contributed by atoms with E-state index in [4.69, 9.17) is 0 Å². The highest BCUT2D eigenvalue weighted by atomic mass is 15.3. The normalized spacial score (nSPS) is 18.3. The molecule has 3 nitrogen and oxygen atoms in total. The summed E-state index contributed by atoms with van der Waals surface area (Å²) in [6.45, 7) is 5.26. The van der Waals surface area contributed by atoms with Crippen LogP contribution in [0.4, 0.5) is 0 Å². The van der Waals surface area contributed by atoms with Crippen LogP contribution in [0.3, 0.4) is 0 Å². The molecule has 1 aliphatic carbocycles. The molecule has 1 unspecified atom stereocenters. The molecule has 0 fully saturated rings. The molecule has 2 rings (SSSR count). The van der Waals surface area contributed by atoms with Gasteiger partial charge in [0.2, 0.25) is 0 Å². The van der Waals surface area contributed by atoms with Crippen molar-refractivity contribution >= 4 is 0 Å². The summed E-state index contributed by atoms with van der Waals surface area (Å²) in [5.41, 5.74) is 3.93. The number of hydrogen-bond donors (Lipinski definition) is 1. The monoisotopic (exact) mass is 247 g/mol. The number of aromatic nitrogens is 2. The van der Waals surface area contributed by atoms with E-state index in [-0.39, 0.29) is 0 Å². The van der Waals surface area contributed by atoms with Crippen LogP contribution in [0.15, 0.2) is 17.7 Å². The van der Waals surface area contributed by atoms with Gasteiger partial charge in [-0.25, -0.2) is 0 Å². The molecule has 0 bridgehead atoms. The van der Waals surface area contributed by atoms with Crippen molar-refractivity contribution in [2.75, 3.05) is 6.54 Å². The Labute approximate surface area is 110 Å². The van der Waals surface area contributed by atoms with Crippen molar-refractivity contribution in [3.8, 4) is 0 Å². The molecule has 1 heterocycles. The smallest absolute Gasteiger partial charge is 0.0838 e. The summed E-state index contributed by atoms with van der Waals surface area (Å²) < 4.78 is 1.97. The highest BCUT2D eigenvalue weighted by molar-refractivity contribution is 5.24. The molecule has 0 amide bonds. The standard InChI is InChI=1S/C15H25N3/c1-4-16-15(13-9-7-5-6-8-10-13)14-11-12(2)18(3)17-14/h9,11,15-16H,4-8,10H2,1-3H3. The number of rotatable bonds is 4. The molecule has 0 aliphatic heterocycles. The van der Waals surface area contributed by atoms with Crippen LogP contribution in [0.5, 0.6) is 0 Å². The minimum atomic E-state index is 0.313. The molecule has 0 radical (unpaired) electrons. The summed E-state index contributed by atoms with van der Waals surface area (Å²) in [5, 5.41) is 8.24. The molecule has 1 aliphatic rings.